The van der Waals surface area contributed by atoms with Gasteiger partial charge in [-0.2, -0.15) is 0 Å². The Morgan fingerprint density at radius 3 is 0.780 bits per heavy atom. The van der Waals surface area contributed by atoms with E-state index in [2.05, 4.69) is 78.2 Å². The van der Waals surface area contributed by atoms with E-state index in [9.17, 15) is 0 Å². The SMILES string of the molecule is CC1=CC2=C(CCCC2)[CH]1[Hf]([CH]1C(C)=CC2=C1CCCC2)=[Si](C)C.CC1=CC2=C(CCCC2)[CH]1[Hf]([CH]1C(C)=CC2=C1CCCC2)=[Si](C)C.Cl.Cl. The van der Waals surface area contributed by atoms with Crippen LogP contribution in [-0.4, -0.2) is 11.0 Å². The summed E-state index contributed by atoms with van der Waals surface area (Å²) in [5.41, 5.74) is 21.8. The van der Waals surface area contributed by atoms with Crippen LogP contribution in [0.3, 0.4) is 0 Å². The fourth-order valence-electron chi connectivity index (χ4n) is 11.5. The summed E-state index contributed by atoms with van der Waals surface area (Å²) in [5.74, 6) is 0. The number of allylic oxidation sites excluding steroid dienone is 16. The number of hydrogen-bond donors (Lipinski definition) is 0. The molecular formula is C44H66Cl2Hf2Si2. The van der Waals surface area contributed by atoms with Gasteiger partial charge in [0.15, 0.2) is 0 Å². The van der Waals surface area contributed by atoms with Gasteiger partial charge in [-0.3, -0.25) is 0 Å². The molecule has 50 heavy (non-hydrogen) atoms. The largest absolute Gasteiger partial charge is 0.147 e. The Bertz CT molecular complexity index is 1480. The van der Waals surface area contributed by atoms with Crippen LogP contribution in [0.4, 0.5) is 0 Å². The minimum atomic E-state index is -1.79. The zero-order valence-electron chi connectivity index (χ0n) is 32.7. The molecule has 8 aliphatic rings. The van der Waals surface area contributed by atoms with Gasteiger partial charge in [0.2, 0.25) is 0 Å². The molecule has 8 rings (SSSR count). The molecule has 0 amide bonds. The molecule has 0 radical (unpaired) electrons. The summed E-state index contributed by atoms with van der Waals surface area (Å²) >= 11 is -3.59. The van der Waals surface area contributed by atoms with Gasteiger partial charge in [0.25, 0.3) is 0 Å². The molecule has 0 saturated heterocycles. The van der Waals surface area contributed by atoms with E-state index < -0.39 is 40.1 Å². The third-order valence-corrected chi connectivity index (χ3v) is 70.6. The number of hydrogen-bond acceptors (Lipinski definition) is 0. The van der Waals surface area contributed by atoms with E-state index in [1.165, 1.54) is 103 Å². The Morgan fingerprint density at radius 1 is 0.380 bits per heavy atom. The third kappa shape index (κ3) is 8.13. The Morgan fingerprint density at radius 2 is 0.580 bits per heavy atom. The Labute approximate surface area is 335 Å². The molecule has 4 unspecified atom stereocenters. The van der Waals surface area contributed by atoms with Crippen molar-refractivity contribution in [3.05, 3.63) is 91.2 Å². The van der Waals surface area contributed by atoms with E-state index >= 15 is 0 Å². The van der Waals surface area contributed by atoms with Crippen LogP contribution in [-0.2, 0) is 40.1 Å². The molecule has 0 aromatic carbocycles. The van der Waals surface area contributed by atoms with Crippen molar-refractivity contribution in [2.24, 2.45) is 0 Å². The molecular weight excluding hydrogens is 1010 g/mol. The summed E-state index contributed by atoms with van der Waals surface area (Å²) in [5, 5.41) is 0. The van der Waals surface area contributed by atoms with Crippen molar-refractivity contribution in [3.63, 3.8) is 0 Å². The van der Waals surface area contributed by atoms with Crippen molar-refractivity contribution in [3.8, 4) is 0 Å². The van der Waals surface area contributed by atoms with Crippen LogP contribution in [0.25, 0.3) is 0 Å². The summed E-state index contributed by atoms with van der Waals surface area (Å²) in [6.45, 7) is 20.7. The van der Waals surface area contributed by atoms with E-state index in [-0.39, 0.29) is 35.8 Å². The van der Waals surface area contributed by atoms with Gasteiger partial charge in [-0.1, -0.05) is 0 Å². The van der Waals surface area contributed by atoms with E-state index in [4.69, 9.17) is 0 Å². The van der Waals surface area contributed by atoms with E-state index in [1.807, 2.05) is 22.3 Å². The van der Waals surface area contributed by atoms with Crippen LogP contribution >= 0.6 is 24.8 Å². The molecule has 0 aliphatic heterocycles. The summed E-state index contributed by atoms with van der Waals surface area (Å²) in [7, 11) is 0. The molecule has 6 heteroatoms. The third-order valence-electron chi connectivity index (χ3n) is 13.4. The van der Waals surface area contributed by atoms with Crippen molar-refractivity contribution in [1.29, 1.82) is 0 Å². The zero-order valence-corrected chi connectivity index (χ0v) is 43.6. The fraction of sp³-hybridized carbons (Fsp3) is 0.636. The molecule has 0 aromatic heterocycles. The molecule has 0 fully saturated rings. The maximum atomic E-state index is 2.68. The summed E-state index contributed by atoms with van der Waals surface area (Å²) in [4.78, 5) is 0. The predicted molar refractivity (Wildman–Crippen MR) is 221 cm³/mol. The molecule has 0 bridgehead atoms. The van der Waals surface area contributed by atoms with Crippen LogP contribution in [0.15, 0.2) is 91.2 Å². The Hall–Kier alpha value is 0.674. The molecule has 0 saturated carbocycles. The summed E-state index contributed by atoms with van der Waals surface area (Å²) < 4.78 is 3.93. The van der Waals surface area contributed by atoms with Gasteiger partial charge < -0.3 is 0 Å². The van der Waals surface area contributed by atoms with Crippen LogP contribution in [0.1, 0.15) is 130 Å². The summed E-state index contributed by atoms with van der Waals surface area (Å²) in [6, 6.07) is 0. The normalized spacial score (nSPS) is 28.2. The maximum Gasteiger partial charge on any atom is -0.147 e. The first-order valence-electron chi connectivity index (χ1n) is 20.1. The average molecular weight is 1080 g/mol. The van der Waals surface area contributed by atoms with Crippen molar-refractivity contribution in [2.75, 3.05) is 0 Å². The minimum Gasteiger partial charge on any atom is -0.147 e. The van der Waals surface area contributed by atoms with E-state index in [0.717, 1.165) is 14.7 Å². The van der Waals surface area contributed by atoms with Crippen molar-refractivity contribution >= 4 is 35.8 Å². The first-order chi connectivity index (χ1) is 23.2. The molecule has 8 aliphatic carbocycles. The molecule has 4 atom stereocenters. The van der Waals surface area contributed by atoms with Crippen molar-refractivity contribution in [2.45, 2.75) is 171 Å². The van der Waals surface area contributed by atoms with Gasteiger partial charge in [-0.25, -0.2) is 0 Å². The molecule has 0 N–H and O–H groups in total. The molecule has 0 spiro atoms. The average Bonchev–Trinajstić information content (AvgIpc) is 3.78. The monoisotopic (exact) mass is 1080 g/mol. The number of halogens is 2. The van der Waals surface area contributed by atoms with E-state index in [1.54, 1.807) is 44.6 Å². The van der Waals surface area contributed by atoms with Crippen LogP contribution in [0.5, 0.6) is 0 Å². The maximum absolute atomic E-state index is 2.68. The Balaban J connectivity index is 0.000000187. The molecule has 0 heterocycles. The second-order valence-corrected chi connectivity index (χ2v) is 67.1. The van der Waals surface area contributed by atoms with Gasteiger partial charge in [-0.05, 0) is 0 Å². The number of rotatable bonds is 4. The second kappa shape index (κ2) is 18.1. The van der Waals surface area contributed by atoms with Gasteiger partial charge in [0.05, 0.1) is 0 Å². The van der Waals surface area contributed by atoms with Gasteiger partial charge in [0.1, 0.15) is 0 Å². The first kappa shape index (κ1) is 41.8. The topological polar surface area (TPSA) is 0 Å². The standard InChI is InChI=1S/4C10H13.2C2H6Si.2ClH.2Hf/c4*1-8-6-9-4-2-3-5-10(9)7-8;2*1-3-2;;;;/h4*6-7H,2-5H2,1H3;2*1-2H3;2*1H;;. The van der Waals surface area contributed by atoms with Gasteiger partial charge in [-0.15, -0.1) is 24.8 Å². The predicted octanol–water partition coefficient (Wildman–Crippen LogP) is 15.0. The van der Waals surface area contributed by atoms with Gasteiger partial charge in [0, 0.05) is 0 Å². The van der Waals surface area contributed by atoms with Crippen LogP contribution in [0.2, 0.25) is 40.9 Å². The molecule has 0 nitrogen and oxygen atoms in total. The second-order valence-electron chi connectivity index (χ2n) is 17.2. The first-order valence-corrected chi connectivity index (χ1v) is 44.2. The van der Waals surface area contributed by atoms with Crippen LogP contribution in [0, 0.1) is 0 Å². The van der Waals surface area contributed by atoms with Crippen molar-refractivity contribution < 1.29 is 40.1 Å². The van der Waals surface area contributed by atoms with Gasteiger partial charge >= 0.3 is 314 Å². The van der Waals surface area contributed by atoms with Crippen LogP contribution < -0.4 is 0 Å². The summed E-state index contributed by atoms with van der Waals surface area (Å²) in [6.07, 6.45) is 33.4. The zero-order chi connectivity index (χ0) is 33.7. The fourth-order valence-corrected chi connectivity index (χ4v) is 72.7. The smallest absolute Gasteiger partial charge is 0.147 e. The molecule has 0 aromatic rings. The minimum absolute atomic E-state index is 0. The molecule has 272 valence electrons. The van der Waals surface area contributed by atoms with Crippen molar-refractivity contribution in [1.82, 2.24) is 0 Å². The van der Waals surface area contributed by atoms with E-state index in [0.29, 0.717) is 0 Å². The quantitative estimate of drug-likeness (QED) is 0.246. The Kier molecular flexibility index (Phi) is 15.1.